The largest absolute Gasteiger partial charge is 0.389 e. The molecule has 2 rings (SSSR count). The summed E-state index contributed by atoms with van der Waals surface area (Å²) >= 11 is 0. The second kappa shape index (κ2) is 5.24. The maximum absolute atomic E-state index is 13.3. The number of morpholine rings is 1. The van der Waals surface area contributed by atoms with Crippen LogP contribution in [-0.2, 0) is 4.74 Å². The monoisotopic (exact) mass is 253 g/mol. The number of aliphatic hydroxyl groups excluding tert-OH is 1. The lowest BCUT2D eigenvalue weighted by atomic mass is 10.1. The molecular formula is C14H20FNO2. The number of benzene rings is 1. The minimum Gasteiger partial charge on any atom is -0.389 e. The number of anilines is 1. The Labute approximate surface area is 107 Å². The van der Waals surface area contributed by atoms with E-state index < -0.39 is 6.10 Å². The van der Waals surface area contributed by atoms with Crippen LogP contribution >= 0.6 is 0 Å². The van der Waals surface area contributed by atoms with E-state index in [1.807, 2.05) is 13.8 Å². The van der Waals surface area contributed by atoms with Gasteiger partial charge in [0.25, 0.3) is 0 Å². The van der Waals surface area contributed by atoms with Gasteiger partial charge in [-0.1, -0.05) is 0 Å². The predicted molar refractivity (Wildman–Crippen MR) is 69.3 cm³/mol. The Kier molecular flexibility index (Phi) is 3.88. The molecule has 0 aliphatic carbocycles. The van der Waals surface area contributed by atoms with E-state index >= 15 is 0 Å². The second-order valence-electron chi connectivity index (χ2n) is 5.04. The van der Waals surface area contributed by atoms with Crippen molar-refractivity contribution in [2.24, 2.45) is 0 Å². The summed E-state index contributed by atoms with van der Waals surface area (Å²) in [7, 11) is 0. The van der Waals surface area contributed by atoms with Crippen molar-refractivity contribution in [1.82, 2.24) is 0 Å². The van der Waals surface area contributed by atoms with Gasteiger partial charge in [-0.3, -0.25) is 0 Å². The maximum Gasteiger partial charge on any atom is 0.123 e. The molecule has 4 heteroatoms. The summed E-state index contributed by atoms with van der Waals surface area (Å²) in [5.41, 5.74) is 1.53. The highest BCUT2D eigenvalue weighted by molar-refractivity contribution is 5.55. The van der Waals surface area contributed by atoms with E-state index in [9.17, 15) is 9.50 Å². The SMILES string of the molecule is C[C@@H]1CN(c2ccc(F)cc2[C@@H](C)O)C[C@H](C)O1. The number of halogens is 1. The van der Waals surface area contributed by atoms with Gasteiger partial charge in [-0.05, 0) is 39.0 Å². The fraction of sp³-hybridized carbons (Fsp3) is 0.571. The summed E-state index contributed by atoms with van der Waals surface area (Å²) in [5, 5.41) is 9.77. The number of aliphatic hydroxyl groups is 1. The highest BCUT2D eigenvalue weighted by Gasteiger charge is 2.24. The molecule has 1 N–H and O–H groups in total. The van der Waals surface area contributed by atoms with Gasteiger partial charge in [0.2, 0.25) is 0 Å². The maximum atomic E-state index is 13.3. The molecule has 1 fully saturated rings. The Morgan fingerprint density at radius 2 is 1.94 bits per heavy atom. The third-order valence-electron chi connectivity index (χ3n) is 3.20. The van der Waals surface area contributed by atoms with E-state index in [2.05, 4.69) is 4.90 Å². The number of ether oxygens (including phenoxy) is 1. The molecule has 100 valence electrons. The van der Waals surface area contributed by atoms with Crippen LogP contribution in [0.4, 0.5) is 10.1 Å². The van der Waals surface area contributed by atoms with Crippen LogP contribution in [0.15, 0.2) is 18.2 Å². The molecule has 0 aromatic heterocycles. The van der Waals surface area contributed by atoms with Gasteiger partial charge in [-0.15, -0.1) is 0 Å². The lowest BCUT2D eigenvalue weighted by molar-refractivity contribution is -0.00538. The number of rotatable bonds is 2. The van der Waals surface area contributed by atoms with Gasteiger partial charge in [0.15, 0.2) is 0 Å². The van der Waals surface area contributed by atoms with Crippen molar-refractivity contribution in [3.63, 3.8) is 0 Å². The van der Waals surface area contributed by atoms with Crippen molar-refractivity contribution in [1.29, 1.82) is 0 Å². The van der Waals surface area contributed by atoms with Crippen LogP contribution in [0.2, 0.25) is 0 Å². The third-order valence-corrected chi connectivity index (χ3v) is 3.20. The predicted octanol–water partition coefficient (Wildman–Crippen LogP) is 2.49. The first-order chi connectivity index (χ1) is 8.47. The number of nitrogens with zero attached hydrogens (tertiary/aromatic N) is 1. The molecule has 1 heterocycles. The number of hydrogen-bond acceptors (Lipinski definition) is 3. The van der Waals surface area contributed by atoms with Crippen molar-refractivity contribution >= 4 is 5.69 Å². The molecule has 1 aliphatic rings. The molecule has 3 nitrogen and oxygen atoms in total. The summed E-state index contributed by atoms with van der Waals surface area (Å²) in [6.45, 7) is 7.22. The minimum absolute atomic E-state index is 0.139. The molecule has 0 saturated carbocycles. The van der Waals surface area contributed by atoms with Crippen molar-refractivity contribution in [2.45, 2.75) is 39.1 Å². The Balaban J connectivity index is 2.32. The third kappa shape index (κ3) is 2.82. The first kappa shape index (κ1) is 13.3. The Morgan fingerprint density at radius 3 is 2.50 bits per heavy atom. The van der Waals surface area contributed by atoms with Crippen LogP contribution in [0.5, 0.6) is 0 Å². The Hall–Kier alpha value is -1.13. The van der Waals surface area contributed by atoms with Crippen LogP contribution < -0.4 is 4.90 Å². The van der Waals surface area contributed by atoms with Crippen LogP contribution in [-0.4, -0.2) is 30.4 Å². The van der Waals surface area contributed by atoms with E-state index in [0.717, 1.165) is 18.8 Å². The normalized spacial score (nSPS) is 26.2. The molecule has 1 saturated heterocycles. The molecule has 0 spiro atoms. The van der Waals surface area contributed by atoms with E-state index in [1.54, 1.807) is 13.0 Å². The van der Waals surface area contributed by atoms with Gasteiger partial charge in [-0.2, -0.15) is 0 Å². The fourth-order valence-electron chi connectivity index (χ4n) is 2.52. The van der Waals surface area contributed by atoms with E-state index in [4.69, 9.17) is 4.74 Å². The van der Waals surface area contributed by atoms with Crippen molar-refractivity contribution in [3.8, 4) is 0 Å². The summed E-state index contributed by atoms with van der Waals surface area (Å²) in [6, 6.07) is 4.58. The lowest BCUT2D eigenvalue weighted by Gasteiger charge is -2.38. The molecule has 18 heavy (non-hydrogen) atoms. The molecule has 0 amide bonds. The van der Waals surface area contributed by atoms with Crippen molar-refractivity contribution in [3.05, 3.63) is 29.6 Å². The van der Waals surface area contributed by atoms with E-state index in [0.29, 0.717) is 5.56 Å². The van der Waals surface area contributed by atoms with Gasteiger partial charge in [0.1, 0.15) is 5.82 Å². The van der Waals surface area contributed by atoms with Gasteiger partial charge in [0, 0.05) is 24.3 Å². The smallest absolute Gasteiger partial charge is 0.123 e. The Morgan fingerprint density at radius 1 is 1.33 bits per heavy atom. The fourth-order valence-corrected chi connectivity index (χ4v) is 2.52. The van der Waals surface area contributed by atoms with Gasteiger partial charge >= 0.3 is 0 Å². The van der Waals surface area contributed by atoms with Gasteiger partial charge < -0.3 is 14.7 Å². The summed E-state index contributed by atoms with van der Waals surface area (Å²) in [5.74, 6) is -0.316. The van der Waals surface area contributed by atoms with Gasteiger partial charge in [-0.25, -0.2) is 4.39 Å². The zero-order valence-corrected chi connectivity index (χ0v) is 11.1. The molecule has 1 aromatic carbocycles. The summed E-state index contributed by atoms with van der Waals surface area (Å²) < 4.78 is 19.0. The molecule has 0 radical (unpaired) electrons. The van der Waals surface area contributed by atoms with Crippen LogP contribution in [0, 0.1) is 5.82 Å². The van der Waals surface area contributed by atoms with Crippen LogP contribution in [0.25, 0.3) is 0 Å². The first-order valence-corrected chi connectivity index (χ1v) is 6.35. The highest BCUT2D eigenvalue weighted by Crippen LogP contribution is 2.29. The Bertz CT molecular complexity index is 412. The summed E-state index contributed by atoms with van der Waals surface area (Å²) in [4.78, 5) is 2.15. The second-order valence-corrected chi connectivity index (χ2v) is 5.04. The molecular weight excluding hydrogens is 233 g/mol. The quantitative estimate of drug-likeness (QED) is 0.879. The summed E-state index contributed by atoms with van der Waals surface area (Å²) in [6.07, 6.45) is -0.398. The minimum atomic E-state index is -0.677. The molecule has 1 aliphatic heterocycles. The average Bonchev–Trinajstić information content (AvgIpc) is 2.27. The van der Waals surface area contributed by atoms with Crippen molar-refractivity contribution < 1.29 is 14.2 Å². The molecule has 3 atom stereocenters. The van der Waals surface area contributed by atoms with E-state index in [1.165, 1.54) is 12.1 Å². The van der Waals surface area contributed by atoms with Crippen LogP contribution in [0.1, 0.15) is 32.4 Å². The molecule has 1 aromatic rings. The van der Waals surface area contributed by atoms with Crippen molar-refractivity contribution in [2.75, 3.05) is 18.0 Å². The highest BCUT2D eigenvalue weighted by atomic mass is 19.1. The standard InChI is InChI=1S/C14H20FNO2/c1-9-7-16(8-10(2)18-9)14-5-4-12(15)6-13(14)11(3)17/h4-6,9-11,17H,7-8H2,1-3H3/t9-,10+,11-/m1/s1. The van der Waals surface area contributed by atoms with Gasteiger partial charge in [0.05, 0.1) is 18.3 Å². The zero-order valence-electron chi connectivity index (χ0n) is 11.1. The average molecular weight is 253 g/mol. The molecule has 0 unspecified atom stereocenters. The first-order valence-electron chi connectivity index (χ1n) is 6.35. The van der Waals surface area contributed by atoms with Crippen LogP contribution in [0.3, 0.4) is 0 Å². The zero-order chi connectivity index (χ0) is 13.3. The molecule has 0 bridgehead atoms. The topological polar surface area (TPSA) is 32.7 Å². The van der Waals surface area contributed by atoms with E-state index in [-0.39, 0.29) is 18.0 Å². The lowest BCUT2D eigenvalue weighted by Crippen LogP contribution is -2.45. The number of hydrogen-bond donors (Lipinski definition) is 1.